The number of carbonyl (C=O) groups is 2. The Bertz CT molecular complexity index is 558. The van der Waals surface area contributed by atoms with Gasteiger partial charge in [-0.15, -0.1) is 0 Å². The van der Waals surface area contributed by atoms with Gasteiger partial charge in [0.15, 0.2) is 6.10 Å². The molecule has 22 heavy (non-hydrogen) atoms. The quantitative estimate of drug-likeness (QED) is 0.822. The zero-order valence-electron chi connectivity index (χ0n) is 12.4. The van der Waals surface area contributed by atoms with E-state index in [0.717, 1.165) is 25.7 Å². The number of amides is 1. The number of halogens is 2. The number of esters is 1. The summed E-state index contributed by atoms with van der Waals surface area (Å²) in [5.41, 5.74) is 0.193. The maximum absolute atomic E-state index is 13.0. The number of hydrogen-bond acceptors (Lipinski definition) is 3. The molecule has 0 bridgehead atoms. The van der Waals surface area contributed by atoms with E-state index in [1.165, 1.54) is 31.5 Å². The number of rotatable bonds is 4. The minimum atomic E-state index is -0.883. The smallest absolute Gasteiger partial charge is 0.340 e. The largest absolute Gasteiger partial charge is 0.449 e. The molecule has 1 N–H and O–H groups in total. The topological polar surface area (TPSA) is 55.4 Å². The normalized spacial score (nSPS) is 16.9. The third-order valence-electron chi connectivity index (χ3n) is 3.76. The number of carbonyl (C=O) groups excluding carboxylic acids is 2. The first-order valence-corrected chi connectivity index (χ1v) is 8.23. The van der Waals surface area contributed by atoms with Gasteiger partial charge in [-0.2, -0.15) is 0 Å². The maximum Gasteiger partial charge on any atom is 0.340 e. The fourth-order valence-corrected chi connectivity index (χ4v) is 3.01. The molecule has 2 rings (SSSR count). The van der Waals surface area contributed by atoms with Crippen molar-refractivity contribution in [2.75, 3.05) is 0 Å². The number of hydrogen-bond donors (Lipinski definition) is 1. The molecule has 6 heteroatoms. The lowest BCUT2D eigenvalue weighted by Gasteiger charge is -2.24. The van der Waals surface area contributed by atoms with Crippen molar-refractivity contribution in [2.45, 2.75) is 51.2 Å². The lowest BCUT2D eigenvalue weighted by atomic mass is 9.95. The fraction of sp³-hybridized carbons (Fsp3) is 0.500. The van der Waals surface area contributed by atoms with E-state index < -0.39 is 17.9 Å². The highest BCUT2D eigenvalue weighted by molar-refractivity contribution is 9.10. The van der Waals surface area contributed by atoms with E-state index in [-0.39, 0.29) is 17.5 Å². The first-order valence-electron chi connectivity index (χ1n) is 7.44. The molecule has 4 nitrogen and oxygen atoms in total. The van der Waals surface area contributed by atoms with Crippen LogP contribution in [0.1, 0.15) is 49.4 Å². The molecular formula is C16H19BrFNO3. The molecule has 0 saturated heterocycles. The van der Waals surface area contributed by atoms with E-state index in [2.05, 4.69) is 21.2 Å². The molecule has 1 saturated carbocycles. The molecule has 1 amide bonds. The molecule has 0 heterocycles. The summed E-state index contributed by atoms with van der Waals surface area (Å²) < 4.78 is 18.5. The molecule has 1 aliphatic carbocycles. The van der Waals surface area contributed by atoms with Gasteiger partial charge < -0.3 is 10.1 Å². The molecular weight excluding hydrogens is 353 g/mol. The van der Waals surface area contributed by atoms with Gasteiger partial charge in [-0.25, -0.2) is 9.18 Å². The van der Waals surface area contributed by atoms with Crippen molar-refractivity contribution in [3.8, 4) is 0 Å². The van der Waals surface area contributed by atoms with Crippen molar-refractivity contribution in [1.82, 2.24) is 5.32 Å². The van der Waals surface area contributed by atoms with E-state index in [1.54, 1.807) is 0 Å². The first kappa shape index (κ1) is 16.9. The summed E-state index contributed by atoms with van der Waals surface area (Å²) in [5.74, 6) is -1.40. The van der Waals surface area contributed by atoms with E-state index in [1.807, 2.05) is 0 Å². The zero-order chi connectivity index (χ0) is 16.1. The van der Waals surface area contributed by atoms with Crippen LogP contribution in [-0.4, -0.2) is 24.0 Å². The molecule has 1 atom stereocenters. The second-order valence-electron chi connectivity index (χ2n) is 5.52. The van der Waals surface area contributed by atoms with Gasteiger partial charge in [0.2, 0.25) is 0 Å². The monoisotopic (exact) mass is 371 g/mol. The van der Waals surface area contributed by atoms with Crippen LogP contribution in [0, 0.1) is 5.82 Å². The summed E-state index contributed by atoms with van der Waals surface area (Å²) in [5, 5.41) is 2.91. The minimum Gasteiger partial charge on any atom is -0.449 e. The van der Waals surface area contributed by atoms with Crippen molar-refractivity contribution in [2.24, 2.45) is 0 Å². The van der Waals surface area contributed by atoms with Gasteiger partial charge in [0.25, 0.3) is 5.91 Å². The second kappa shape index (κ2) is 7.72. The summed E-state index contributed by atoms with van der Waals surface area (Å²) in [4.78, 5) is 24.1. The second-order valence-corrected chi connectivity index (χ2v) is 6.37. The van der Waals surface area contributed by atoms with Crippen LogP contribution >= 0.6 is 15.9 Å². The minimum absolute atomic E-state index is 0.167. The SMILES string of the molecule is C[C@@H](OC(=O)c1ccc(F)cc1Br)C(=O)NC1CCCCC1. The van der Waals surface area contributed by atoms with Gasteiger partial charge in [0, 0.05) is 10.5 Å². The Hall–Kier alpha value is -1.43. The van der Waals surface area contributed by atoms with Crippen LogP contribution in [0.25, 0.3) is 0 Å². The third-order valence-corrected chi connectivity index (χ3v) is 4.41. The summed E-state index contributed by atoms with van der Waals surface area (Å²) in [7, 11) is 0. The van der Waals surface area contributed by atoms with Crippen molar-refractivity contribution in [1.29, 1.82) is 0 Å². The number of nitrogens with one attached hydrogen (secondary N) is 1. The van der Waals surface area contributed by atoms with E-state index >= 15 is 0 Å². The molecule has 0 spiro atoms. The summed E-state index contributed by atoms with van der Waals surface area (Å²) >= 11 is 3.11. The average Bonchev–Trinajstić information content (AvgIpc) is 2.47. The molecule has 1 fully saturated rings. The third kappa shape index (κ3) is 4.53. The Labute approximate surface area is 137 Å². The van der Waals surface area contributed by atoms with Gasteiger partial charge in [-0.3, -0.25) is 4.79 Å². The maximum atomic E-state index is 13.0. The average molecular weight is 372 g/mol. The molecule has 0 aliphatic heterocycles. The van der Waals surface area contributed by atoms with Crippen LogP contribution in [0.15, 0.2) is 22.7 Å². The number of ether oxygens (including phenoxy) is 1. The molecule has 0 unspecified atom stereocenters. The van der Waals surface area contributed by atoms with Crippen LogP contribution in [-0.2, 0) is 9.53 Å². The van der Waals surface area contributed by atoms with Crippen LogP contribution < -0.4 is 5.32 Å². The lowest BCUT2D eigenvalue weighted by Crippen LogP contribution is -2.42. The van der Waals surface area contributed by atoms with Gasteiger partial charge in [-0.05, 0) is 53.9 Å². The summed E-state index contributed by atoms with van der Waals surface area (Å²) in [6.07, 6.45) is 4.48. The van der Waals surface area contributed by atoms with Crippen molar-refractivity contribution in [3.63, 3.8) is 0 Å². The van der Waals surface area contributed by atoms with Crippen molar-refractivity contribution in [3.05, 3.63) is 34.1 Å². The fourth-order valence-electron chi connectivity index (χ4n) is 2.50. The Balaban J connectivity index is 1.91. The molecule has 1 aromatic rings. The van der Waals surface area contributed by atoms with Gasteiger partial charge in [0.05, 0.1) is 5.56 Å². The lowest BCUT2D eigenvalue weighted by molar-refractivity contribution is -0.130. The molecule has 1 aliphatic rings. The van der Waals surface area contributed by atoms with E-state index in [0.29, 0.717) is 4.47 Å². The molecule has 1 aromatic carbocycles. The highest BCUT2D eigenvalue weighted by Gasteiger charge is 2.23. The van der Waals surface area contributed by atoms with Gasteiger partial charge >= 0.3 is 5.97 Å². The summed E-state index contributed by atoms with van der Waals surface area (Å²) in [6.45, 7) is 1.54. The molecule has 120 valence electrons. The first-order chi connectivity index (χ1) is 10.5. The highest BCUT2D eigenvalue weighted by atomic mass is 79.9. The van der Waals surface area contributed by atoms with Crippen LogP contribution in [0.4, 0.5) is 4.39 Å². The summed E-state index contributed by atoms with van der Waals surface area (Å²) in [6, 6.07) is 3.85. The standard InChI is InChI=1S/C16H19BrFNO3/c1-10(15(20)19-12-5-3-2-4-6-12)22-16(21)13-8-7-11(18)9-14(13)17/h7-10,12H,2-6H2,1H3,(H,19,20)/t10-/m1/s1. The number of benzene rings is 1. The zero-order valence-corrected chi connectivity index (χ0v) is 14.0. The predicted molar refractivity (Wildman–Crippen MR) is 84.0 cm³/mol. The Morgan fingerprint density at radius 2 is 2.00 bits per heavy atom. The van der Waals surface area contributed by atoms with E-state index in [4.69, 9.17) is 4.74 Å². The molecule has 0 radical (unpaired) electrons. The van der Waals surface area contributed by atoms with Crippen molar-refractivity contribution < 1.29 is 18.7 Å². The Morgan fingerprint density at radius 3 is 2.64 bits per heavy atom. The highest BCUT2D eigenvalue weighted by Crippen LogP contribution is 2.20. The van der Waals surface area contributed by atoms with Crippen LogP contribution in [0.3, 0.4) is 0 Å². The van der Waals surface area contributed by atoms with Crippen LogP contribution in [0.2, 0.25) is 0 Å². The Morgan fingerprint density at radius 1 is 1.32 bits per heavy atom. The van der Waals surface area contributed by atoms with Gasteiger partial charge in [0.1, 0.15) is 5.82 Å². The van der Waals surface area contributed by atoms with Gasteiger partial charge in [-0.1, -0.05) is 19.3 Å². The predicted octanol–water partition coefficient (Wildman–Crippen LogP) is 3.58. The molecule has 0 aromatic heterocycles. The van der Waals surface area contributed by atoms with E-state index in [9.17, 15) is 14.0 Å². The van der Waals surface area contributed by atoms with Crippen LogP contribution in [0.5, 0.6) is 0 Å². The Kier molecular flexibility index (Phi) is 5.94. The van der Waals surface area contributed by atoms with Crippen molar-refractivity contribution >= 4 is 27.8 Å².